The summed E-state index contributed by atoms with van der Waals surface area (Å²) in [4.78, 5) is 2.57. The number of nitrogens with two attached hydrogens (primary N) is 1. The third-order valence-electron chi connectivity index (χ3n) is 3.90. The van der Waals surface area contributed by atoms with Gasteiger partial charge in [-0.1, -0.05) is 51.1 Å². The van der Waals surface area contributed by atoms with E-state index in [0.717, 1.165) is 13.0 Å². The van der Waals surface area contributed by atoms with Gasteiger partial charge in [-0.2, -0.15) is 0 Å². The Morgan fingerprint density at radius 3 is 2.50 bits per heavy atom. The van der Waals surface area contributed by atoms with Gasteiger partial charge in [0, 0.05) is 18.6 Å². The summed E-state index contributed by atoms with van der Waals surface area (Å²) in [5, 5.41) is 0. The van der Waals surface area contributed by atoms with Crippen molar-refractivity contribution in [3.63, 3.8) is 0 Å². The molecule has 0 aromatic heterocycles. The fraction of sp³-hybridized carbons (Fsp3) is 0.625. The maximum absolute atomic E-state index is 6.37. The van der Waals surface area contributed by atoms with Crippen LogP contribution in [-0.4, -0.2) is 23.5 Å². The second-order valence-electron chi connectivity index (χ2n) is 6.57. The van der Waals surface area contributed by atoms with Crippen LogP contribution in [0.3, 0.4) is 0 Å². The number of benzene rings is 1. The van der Waals surface area contributed by atoms with Gasteiger partial charge in [0.2, 0.25) is 0 Å². The zero-order valence-electron chi connectivity index (χ0n) is 11.9. The molecule has 1 aromatic carbocycles. The van der Waals surface area contributed by atoms with Crippen LogP contribution < -0.4 is 5.73 Å². The van der Waals surface area contributed by atoms with E-state index >= 15 is 0 Å². The molecule has 18 heavy (non-hydrogen) atoms. The largest absolute Gasteiger partial charge is 0.326 e. The smallest absolute Gasteiger partial charge is 0.0299 e. The average molecular weight is 246 g/mol. The number of hydrogen-bond acceptors (Lipinski definition) is 2. The normalized spacial score (nSPS) is 26.2. The molecule has 0 spiro atoms. The van der Waals surface area contributed by atoms with E-state index in [2.05, 4.69) is 56.0 Å². The Balaban J connectivity index is 2.14. The summed E-state index contributed by atoms with van der Waals surface area (Å²) in [7, 11) is 0. The summed E-state index contributed by atoms with van der Waals surface area (Å²) in [6, 6.07) is 11.5. The molecule has 2 rings (SSSR count). The highest BCUT2D eigenvalue weighted by atomic mass is 15.2. The van der Waals surface area contributed by atoms with Crippen molar-refractivity contribution in [2.24, 2.45) is 11.1 Å². The second kappa shape index (κ2) is 5.41. The van der Waals surface area contributed by atoms with Crippen molar-refractivity contribution in [1.29, 1.82) is 0 Å². The van der Waals surface area contributed by atoms with Crippen LogP contribution in [0.4, 0.5) is 0 Å². The van der Waals surface area contributed by atoms with Crippen LogP contribution in [0.25, 0.3) is 0 Å². The number of nitrogens with zero attached hydrogens (tertiary/aromatic N) is 1. The maximum atomic E-state index is 6.37. The minimum absolute atomic E-state index is 0.245. The number of rotatable bonds is 2. The van der Waals surface area contributed by atoms with Gasteiger partial charge >= 0.3 is 0 Å². The van der Waals surface area contributed by atoms with E-state index in [1.54, 1.807) is 0 Å². The average Bonchev–Trinajstić information content (AvgIpc) is 2.28. The number of piperidine rings is 1. The monoisotopic (exact) mass is 246 g/mol. The number of hydrogen-bond donors (Lipinski definition) is 1. The first-order valence-corrected chi connectivity index (χ1v) is 7.02. The second-order valence-corrected chi connectivity index (χ2v) is 6.57. The Kier molecular flexibility index (Phi) is 4.08. The van der Waals surface area contributed by atoms with Gasteiger partial charge in [0.1, 0.15) is 0 Å². The molecule has 2 N–H and O–H groups in total. The SMILES string of the molecule is CC(C)(C)C1C(N)CCCN1Cc1ccccc1. The van der Waals surface area contributed by atoms with Crippen LogP contribution in [0.5, 0.6) is 0 Å². The van der Waals surface area contributed by atoms with Gasteiger partial charge in [-0.25, -0.2) is 0 Å². The molecule has 0 radical (unpaired) electrons. The minimum Gasteiger partial charge on any atom is -0.326 e. The molecule has 1 aliphatic heterocycles. The van der Waals surface area contributed by atoms with Crippen LogP contribution in [0.15, 0.2) is 30.3 Å². The van der Waals surface area contributed by atoms with Gasteiger partial charge < -0.3 is 5.73 Å². The predicted molar refractivity (Wildman–Crippen MR) is 77.3 cm³/mol. The van der Waals surface area contributed by atoms with Gasteiger partial charge in [0.05, 0.1) is 0 Å². The van der Waals surface area contributed by atoms with Crippen LogP contribution >= 0.6 is 0 Å². The molecule has 1 fully saturated rings. The molecule has 0 saturated carbocycles. The molecule has 2 atom stereocenters. The quantitative estimate of drug-likeness (QED) is 0.869. The van der Waals surface area contributed by atoms with E-state index in [-0.39, 0.29) is 5.41 Å². The van der Waals surface area contributed by atoms with Gasteiger partial charge in [-0.3, -0.25) is 4.90 Å². The van der Waals surface area contributed by atoms with Crippen molar-refractivity contribution < 1.29 is 0 Å². The Morgan fingerprint density at radius 2 is 1.89 bits per heavy atom. The zero-order valence-corrected chi connectivity index (χ0v) is 11.9. The molecule has 0 aliphatic carbocycles. The highest BCUT2D eigenvalue weighted by Gasteiger charge is 2.37. The van der Waals surface area contributed by atoms with E-state index in [0.29, 0.717) is 12.1 Å². The first-order valence-electron chi connectivity index (χ1n) is 7.02. The molecule has 1 heterocycles. The van der Waals surface area contributed by atoms with Crippen molar-refractivity contribution >= 4 is 0 Å². The topological polar surface area (TPSA) is 29.3 Å². The van der Waals surface area contributed by atoms with Gasteiger partial charge in [0.25, 0.3) is 0 Å². The Labute approximate surface area is 111 Å². The molecule has 2 unspecified atom stereocenters. The highest BCUT2D eigenvalue weighted by Crippen LogP contribution is 2.32. The van der Waals surface area contributed by atoms with E-state index in [1.807, 2.05) is 0 Å². The maximum Gasteiger partial charge on any atom is 0.0299 e. The molecule has 1 saturated heterocycles. The number of likely N-dealkylation sites (tertiary alicyclic amines) is 1. The Morgan fingerprint density at radius 1 is 1.22 bits per heavy atom. The van der Waals surface area contributed by atoms with Gasteiger partial charge in [-0.15, -0.1) is 0 Å². The standard InChI is InChI=1S/C16H26N2/c1-16(2,3)15-14(17)10-7-11-18(15)12-13-8-5-4-6-9-13/h4-6,8-9,14-15H,7,10-12,17H2,1-3H3. The third kappa shape index (κ3) is 3.12. The summed E-state index contributed by atoms with van der Waals surface area (Å²) >= 11 is 0. The molecule has 100 valence electrons. The molecule has 2 nitrogen and oxygen atoms in total. The fourth-order valence-corrected chi connectivity index (χ4v) is 3.28. The summed E-state index contributed by atoms with van der Waals surface area (Å²) in [5.74, 6) is 0. The lowest BCUT2D eigenvalue weighted by molar-refractivity contribution is 0.0414. The van der Waals surface area contributed by atoms with Crippen molar-refractivity contribution in [2.75, 3.05) is 6.54 Å². The Bertz CT molecular complexity index is 366. The fourth-order valence-electron chi connectivity index (χ4n) is 3.28. The van der Waals surface area contributed by atoms with E-state index < -0.39 is 0 Å². The lowest BCUT2D eigenvalue weighted by Gasteiger charge is -2.47. The van der Waals surface area contributed by atoms with Crippen molar-refractivity contribution in [3.8, 4) is 0 Å². The van der Waals surface area contributed by atoms with Gasteiger partial charge in [0.15, 0.2) is 0 Å². The molecule has 0 amide bonds. The van der Waals surface area contributed by atoms with E-state index in [9.17, 15) is 0 Å². The van der Waals surface area contributed by atoms with Crippen LogP contribution in [-0.2, 0) is 6.54 Å². The summed E-state index contributed by atoms with van der Waals surface area (Å²) in [5.41, 5.74) is 8.00. The van der Waals surface area contributed by atoms with E-state index in [1.165, 1.54) is 18.5 Å². The lowest BCUT2D eigenvalue weighted by atomic mass is 9.78. The summed E-state index contributed by atoms with van der Waals surface area (Å²) in [6.07, 6.45) is 2.38. The Hall–Kier alpha value is -0.860. The molecule has 2 heteroatoms. The van der Waals surface area contributed by atoms with Crippen LogP contribution in [0.2, 0.25) is 0 Å². The minimum atomic E-state index is 0.245. The van der Waals surface area contributed by atoms with Crippen molar-refractivity contribution in [3.05, 3.63) is 35.9 Å². The molecule has 0 bridgehead atoms. The van der Waals surface area contributed by atoms with Gasteiger partial charge in [-0.05, 0) is 30.4 Å². The molecule has 1 aliphatic rings. The highest BCUT2D eigenvalue weighted by molar-refractivity contribution is 5.15. The molecular formula is C16H26N2. The first kappa shape index (κ1) is 13.6. The van der Waals surface area contributed by atoms with Crippen LogP contribution in [0, 0.1) is 5.41 Å². The summed E-state index contributed by atoms with van der Waals surface area (Å²) < 4.78 is 0. The van der Waals surface area contributed by atoms with Crippen LogP contribution in [0.1, 0.15) is 39.2 Å². The summed E-state index contributed by atoms with van der Waals surface area (Å²) in [6.45, 7) is 9.11. The van der Waals surface area contributed by atoms with E-state index in [4.69, 9.17) is 5.73 Å². The van der Waals surface area contributed by atoms with Crippen molar-refractivity contribution in [2.45, 2.75) is 52.2 Å². The zero-order chi connectivity index (χ0) is 13.2. The molecular weight excluding hydrogens is 220 g/mol. The molecule has 1 aromatic rings. The predicted octanol–water partition coefficient (Wildman–Crippen LogP) is 3.02. The first-order chi connectivity index (χ1) is 8.48. The third-order valence-corrected chi connectivity index (χ3v) is 3.90. The van der Waals surface area contributed by atoms with Crippen molar-refractivity contribution in [1.82, 2.24) is 4.90 Å². The lowest BCUT2D eigenvalue weighted by Crippen LogP contribution is -2.57.